The lowest BCUT2D eigenvalue weighted by Gasteiger charge is -2.25. The molecule has 0 amide bonds. The van der Waals surface area contributed by atoms with Crippen LogP contribution >= 0.6 is 11.6 Å². The van der Waals surface area contributed by atoms with E-state index in [0.717, 1.165) is 27.6 Å². The zero-order chi connectivity index (χ0) is 22.9. The molecule has 0 unspecified atom stereocenters. The maximum atomic E-state index is 14.4. The van der Waals surface area contributed by atoms with Gasteiger partial charge < -0.3 is 10.0 Å². The van der Waals surface area contributed by atoms with E-state index in [1.807, 2.05) is 36.1 Å². The molecule has 164 valence electrons. The number of nitrogens with zero attached hydrogens (tertiary/aromatic N) is 4. The monoisotopic (exact) mass is 450 g/mol. The number of halogens is 2. The van der Waals surface area contributed by atoms with Crippen LogP contribution in [0.4, 0.5) is 10.1 Å². The minimum Gasteiger partial charge on any atom is -0.382 e. The topological polar surface area (TPSA) is 62.1 Å². The Morgan fingerprint density at radius 1 is 1.00 bits per heavy atom. The van der Waals surface area contributed by atoms with Crippen molar-refractivity contribution in [2.24, 2.45) is 0 Å². The summed E-state index contributed by atoms with van der Waals surface area (Å²) in [6.45, 7) is 6.33. The summed E-state index contributed by atoms with van der Waals surface area (Å²) in [5.41, 5.74) is 2.81. The van der Waals surface area contributed by atoms with Gasteiger partial charge in [-0.3, -0.25) is 4.98 Å². The van der Waals surface area contributed by atoms with E-state index >= 15 is 0 Å². The van der Waals surface area contributed by atoms with Crippen LogP contribution in [0, 0.1) is 5.82 Å². The third-order valence-electron chi connectivity index (χ3n) is 5.38. The summed E-state index contributed by atoms with van der Waals surface area (Å²) in [5, 5.41) is 11.5. The lowest BCUT2D eigenvalue weighted by Crippen LogP contribution is -2.23. The van der Waals surface area contributed by atoms with Crippen molar-refractivity contribution >= 4 is 28.2 Å². The SMILES string of the molecule is CCN(Cc1c(Cl)cnc2ccc(-c3cnc(C(C)(C)O)nc3)cc12)c1ccccc1F. The summed E-state index contributed by atoms with van der Waals surface area (Å²) in [6, 6.07) is 12.6. The van der Waals surface area contributed by atoms with E-state index in [9.17, 15) is 9.50 Å². The molecule has 0 aliphatic rings. The van der Waals surface area contributed by atoms with Gasteiger partial charge in [0.2, 0.25) is 0 Å². The smallest absolute Gasteiger partial charge is 0.159 e. The second kappa shape index (κ2) is 8.81. The zero-order valence-electron chi connectivity index (χ0n) is 18.2. The van der Waals surface area contributed by atoms with Gasteiger partial charge in [-0.15, -0.1) is 0 Å². The second-order valence-electron chi connectivity index (χ2n) is 8.14. The Morgan fingerprint density at radius 2 is 1.72 bits per heavy atom. The van der Waals surface area contributed by atoms with E-state index in [-0.39, 0.29) is 5.82 Å². The number of aliphatic hydroxyl groups is 1. The van der Waals surface area contributed by atoms with Gasteiger partial charge >= 0.3 is 0 Å². The Morgan fingerprint density at radius 3 is 2.38 bits per heavy atom. The third kappa shape index (κ3) is 4.42. The molecule has 0 fully saturated rings. The van der Waals surface area contributed by atoms with Crippen molar-refractivity contribution < 1.29 is 9.50 Å². The molecular weight excluding hydrogens is 427 g/mol. The molecular formula is C25H24ClFN4O. The number of fused-ring (bicyclic) bond motifs is 1. The van der Waals surface area contributed by atoms with Crippen LogP contribution in [0.1, 0.15) is 32.2 Å². The quantitative estimate of drug-likeness (QED) is 0.406. The number of benzene rings is 2. The van der Waals surface area contributed by atoms with Crippen LogP contribution in [0.15, 0.2) is 61.1 Å². The third-order valence-corrected chi connectivity index (χ3v) is 5.71. The van der Waals surface area contributed by atoms with E-state index in [2.05, 4.69) is 15.0 Å². The molecule has 0 spiro atoms. The molecule has 0 aliphatic heterocycles. The molecule has 7 heteroatoms. The number of pyridine rings is 1. The predicted octanol–water partition coefficient (Wildman–Crippen LogP) is 5.74. The number of para-hydroxylation sites is 1. The highest BCUT2D eigenvalue weighted by atomic mass is 35.5. The van der Waals surface area contributed by atoms with E-state index in [0.29, 0.717) is 29.6 Å². The van der Waals surface area contributed by atoms with Gasteiger partial charge in [0.1, 0.15) is 11.4 Å². The summed E-state index contributed by atoms with van der Waals surface area (Å²) < 4.78 is 14.4. The Labute approximate surface area is 191 Å². The molecule has 2 heterocycles. The van der Waals surface area contributed by atoms with Gasteiger partial charge in [-0.1, -0.05) is 29.8 Å². The average Bonchev–Trinajstić information content (AvgIpc) is 2.78. The molecule has 1 N–H and O–H groups in total. The fourth-order valence-corrected chi connectivity index (χ4v) is 3.83. The average molecular weight is 451 g/mol. The normalized spacial score (nSPS) is 11.7. The second-order valence-corrected chi connectivity index (χ2v) is 8.54. The van der Waals surface area contributed by atoms with Crippen LogP contribution in [-0.4, -0.2) is 26.6 Å². The molecule has 0 atom stereocenters. The fourth-order valence-electron chi connectivity index (χ4n) is 3.62. The lowest BCUT2D eigenvalue weighted by atomic mass is 10.0. The van der Waals surface area contributed by atoms with Crippen molar-refractivity contribution in [2.75, 3.05) is 11.4 Å². The van der Waals surface area contributed by atoms with Gasteiger partial charge in [0.15, 0.2) is 5.82 Å². The maximum absolute atomic E-state index is 14.4. The van der Waals surface area contributed by atoms with Gasteiger partial charge in [-0.2, -0.15) is 0 Å². The number of anilines is 1. The number of rotatable bonds is 6. The highest BCUT2D eigenvalue weighted by molar-refractivity contribution is 6.32. The first-order valence-corrected chi connectivity index (χ1v) is 10.8. The standard InChI is InChI=1S/C25H24ClFN4O/c1-4-31(23-8-6-5-7-21(23)27)15-19-18-11-16(9-10-22(18)28-14-20(19)26)17-12-29-24(30-13-17)25(2,3)32/h5-14,32H,4,15H2,1-3H3. The first-order chi connectivity index (χ1) is 15.3. The highest BCUT2D eigenvalue weighted by Gasteiger charge is 2.20. The first kappa shape index (κ1) is 22.1. The number of hydrogen-bond donors (Lipinski definition) is 1. The van der Waals surface area contributed by atoms with Gasteiger partial charge in [-0.25, -0.2) is 14.4 Å². The molecule has 32 heavy (non-hydrogen) atoms. The van der Waals surface area contributed by atoms with Crippen molar-refractivity contribution in [2.45, 2.75) is 32.9 Å². The molecule has 0 aliphatic carbocycles. The van der Waals surface area contributed by atoms with Gasteiger partial charge in [0, 0.05) is 48.2 Å². The molecule has 5 nitrogen and oxygen atoms in total. The minimum atomic E-state index is -1.11. The van der Waals surface area contributed by atoms with Crippen molar-refractivity contribution in [1.82, 2.24) is 15.0 Å². The van der Waals surface area contributed by atoms with E-state index in [4.69, 9.17) is 11.6 Å². The van der Waals surface area contributed by atoms with E-state index in [1.54, 1.807) is 44.6 Å². The largest absolute Gasteiger partial charge is 0.382 e. The minimum absolute atomic E-state index is 0.270. The highest BCUT2D eigenvalue weighted by Crippen LogP contribution is 2.31. The van der Waals surface area contributed by atoms with Crippen LogP contribution in [0.2, 0.25) is 5.02 Å². The van der Waals surface area contributed by atoms with Gasteiger partial charge in [0.25, 0.3) is 0 Å². The van der Waals surface area contributed by atoms with Crippen LogP contribution < -0.4 is 4.90 Å². The molecule has 0 radical (unpaired) electrons. The molecule has 0 saturated carbocycles. The number of aromatic nitrogens is 3. The Balaban J connectivity index is 1.76. The van der Waals surface area contributed by atoms with Crippen molar-refractivity contribution in [3.8, 4) is 11.1 Å². The maximum Gasteiger partial charge on any atom is 0.159 e. The van der Waals surface area contributed by atoms with Crippen LogP contribution in [-0.2, 0) is 12.1 Å². The molecule has 2 aromatic heterocycles. The molecule has 0 bridgehead atoms. The molecule has 4 rings (SSSR count). The molecule has 0 saturated heterocycles. The Hall–Kier alpha value is -3.09. The zero-order valence-corrected chi connectivity index (χ0v) is 18.9. The van der Waals surface area contributed by atoms with Crippen molar-refractivity contribution in [3.63, 3.8) is 0 Å². The first-order valence-electron chi connectivity index (χ1n) is 10.4. The predicted molar refractivity (Wildman–Crippen MR) is 126 cm³/mol. The van der Waals surface area contributed by atoms with Crippen LogP contribution in [0.3, 0.4) is 0 Å². The molecule has 4 aromatic rings. The number of hydrogen-bond acceptors (Lipinski definition) is 5. The summed E-state index contributed by atoms with van der Waals surface area (Å²) in [7, 11) is 0. The fraction of sp³-hybridized carbons (Fsp3) is 0.240. The Kier molecular flexibility index (Phi) is 6.09. The van der Waals surface area contributed by atoms with Crippen LogP contribution in [0.25, 0.3) is 22.0 Å². The Bertz CT molecular complexity index is 1260. The molecule has 2 aromatic carbocycles. The van der Waals surface area contributed by atoms with Crippen molar-refractivity contribution in [3.05, 3.63) is 83.3 Å². The van der Waals surface area contributed by atoms with E-state index < -0.39 is 5.60 Å². The summed E-state index contributed by atoms with van der Waals surface area (Å²) in [4.78, 5) is 15.0. The van der Waals surface area contributed by atoms with Gasteiger partial charge in [-0.05, 0) is 50.6 Å². The van der Waals surface area contributed by atoms with Gasteiger partial charge in [0.05, 0.1) is 16.2 Å². The van der Waals surface area contributed by atoms with Crippen LogP contribution in [0.5, 0.6) is 0 Å². The summed E-state index contributed by atoms with van der Waals surface area (Å²) in [6.07, 6.45) is 5.02. The summed E-state index contributed by atoms with van der Waals surface area (Å²) >= 11 is 6.57. The van der Waals surface area contributed by atoms with Crippen molar-refractivity contribution in [1.29, 1.82) is 0 Å². The lowest BCUT2D eigenvalue weighted by molar-refractivity contribution is 0.0687. The summed E-state index contributed by atoms with van der Waals surface area (Å²) in [5.74, 6) is 0.0875. The van der Waals surface area contributed by atoms with E-state index in [1.165, 1.54) is 6.07 Å².